The number of sulfonamides is 1. The summed E-state index contributed by atoms with van der Waals surface area (Å²) in [5, 5.41) is 5.38. The molecule has 7 nitrogen and oxygen atoms in total. The molecule has 1 fully saturated rings. The summed E-state index contributed by atoms with van der Waals surface area (Å²) in [6.07, 6.45) is 1.45. The minimum Gasteiger partial charge on any atom is -0.354 e. The summed E-state index contributed by atoms with van der Waals surface area (Å²) in [5.41, 5.74) is 0. The minimum absolute atomic E-state index is 0.00407. The molecule has 0 aromatic rings. The first-order chi connectivity index (χ1) is 8.84. The highest BCUT2D eigenvalue weighted by molar-refractivity contribution is 7.89. The van der Waals surface area contributed by atoms with E-state index in [2.05, 4.69) is 15.4 Å². The van der Waals surface area contributed by atoms with Gasteiger partial charge >= 0.3 is 0 Å². The van der Waals surface area contributed by atoms with Crippen LogP contribution in [0.25, 0.3) is 0 Å². The summed E-state index contributed by atoms with van der Waals surface area (Å²) in [7, 11) is -3.41. The molecule has 1 saturated heterocycles. The molecule has 0 bridgehead atoms. The molecule has 0 aromatic heterocycles. The van der Waals surface area contributed by atoms with E-state index in [-0.39, 0.29) is 23.6 Å². The maximum Gasteiger partial charge on any atom is 0.238 e. The van der Waals surface area contributed by atoms with Gasteiger partial charge in [-0.3, -0.25) is 9.59 Å². The second-order valence-electron chi connectivity index (χ2n) is 4.71. The molecule has 2 unspecified atom stereocenters. The molecule has 3 N–H and O–H groups in total. The number of rotatable bonds is 6. The summed E-state index contributed by atoms with van der Waals surface area (Å²) >= 11 is 0. The van der Waals surface area contributed by atoms with Crippen LogP contribution in [0.3, 0.4) is 0 Å². The molecular weight excluding hydrogens is 270 g/mol. The van der Waals surface area contributed by atoms with E-state index in [0.29, 0.717) is 25.8 Å². The van der Waals surface area contributed by atoms with Gasteiger partial charge < -0.3 is 10.6 Å². The van der Waals surface area contributed by atoms with Crippen molar-refractivity contribution < 1.29 is 18.0 Å². The monoisotopic (exact) mass is 291 g/mol. The number of nitrogens with one attached hydrogen (secondary N) is 3. The number of piperidine rings is 1. The second-order valence-corrected chi connectivity index (χ2v) is 6.58. The van der Waals surface area contributed by atoms with Crippen molar-refractivity contribution in [2.24, 2.45) is 0 Å². The lowest BCUT2D eigenvalue weighted by molar-refractivity contribution is -0.126. The Morgan fingerprint density at radius 2 is 2.21 bits per heavy atom. The molecule has 1 heterocycles. The molecule has 0 spiro atoms. The Morgan fingerprint density at radius 3 is 2.74 bits per heavy atom. The number of amides is 2. The lowest BCUT2D eigenvalue weighted by Crippen LogP contribution is -2.53. The summed E-state index contributed by atoms with van der Waals surface area (Å²) in [4.78, 5) is 22.8. The maximum absolute atomic E-state index is 11.8. The SMILES string of the molecule is CCCS(=O)(=O)NC(C)C(=O)NC1CCC(=O)NC1. The van der Waals surface area contributed by atoms with Crippen LogP contribution >= 0.6 is 0 Å². The summed E-state index contributed by atoms with van der Waals surface area (Å²) in [5.74, 6) is -0.396. The summed E-state index contributed by atoms with van der Waals surface area (Å²) in [6, 6.07) is -0.947. The normalized spacial score (nSPS) is 21.6. The van der Waals surface area contributed by atoms with Crippen LogP contribution in [0.1, 0.15) is 33.1 Å². The first-order valence-electron chi connectivity index (χ1n) is 6.41. The smallest absolute Gasteiger partial charge is 0.238 e. The first kappa shape index (κ1) is 15.9. The molecule has 0 aromatic carbocycles. The molecule has 0 radical (unpaired) electrons. The van der Waals surface area contributed by atoms with Crippen LogP contribution in [0.2, 0.25) is 0 Å². The average molecular weight is 291 g/mol. The Hall–Kier alpha value is -1.15. The zero-order chi connectivity index (χ0) is 14.5. The van der Waals surface area contributed by atoms with E-state index in [0.717, 1.165) is 0 Å². The van der Waals surface area contributed by atoms with E-state index >= 15 is 0 Å². The highest BCUT2D eigenvalue weighted by Gasteiger charge is 2.24. The fourth-order valence-corrected chi connectivity index (χ4v) is 3.13. The van der Waals surface area contributed by atoms with Crippen molar-refractivity contribution in [3.63, 3.8) is 0 Å². The predicted octanol–water partition coefficient (Wildman–Crippen LogP) is -0.901. The highest BCUT2D eigenvalue weighted by Crippen LogP contribution is 2.03. The van der Waals surface area contributed by atoms with Crippen LogP contribution in [-0.2, 0) is 19.6 Å². The van der Waals surface area contributed by atoms with Crippen molar-refractivity contribution in [1.82, 2.24) is 15.4 Å². The Kier molecular flexibility index (Phi) is 5.74. The van der Waals surface area contributed by atoms with Gasteiger partial charge in [-0.2, -0.15) is 0 Å². The van der Waals surface area contributed by atoms with Crippen molar-refractivity contribution in [3.8, 4) is 0 Å². The van der Waals surface area contributed by atoms with Gasteiger partial charge in [0.1, 0.15) is 0 Å². The van der Waals surface area contributed by atoms with Gasteiger partial charge in [0.2, 0.25) is 21.8 Å². The van der Waals surface area contributed by atoms with Crippen molar-refractivity contribution in [3.05, 3.63) is 0 Å². The lowest BCUT2D eigenvalue weighted by Gasteiger charge is -2.25. The number of carbonyl (C=O) groups is 2. The molecule has 19 heavy (non-hydrogen) atoms. The van der Waals surface area contributed by atoms with E-state index in [9.17, 15) is 18.0 Å². The molecule has 110 valence electrons. The standard InChI is InChI=1S/C11H21N3O4S/c1-3-6-19(17,18)14-8(2)11(16)13-9-4-5-10(15)12-7-9/h8-9,14H,3-7H2,1-2H3,(H,12,15)(H,13,16). The third kappa shape index (κ3) is 5.56. The van der Waals surface area contributed by atoms with E-state index in [4.69, 9.17) is 0 Å². The Morgan fingerprint density at radius 1 is 1.53 bits per heavy atom. The van der Waals surface area contributed by atoms with Gasteiger partial charge in [-0.15, -0.1) is 0 Å². The molecule has 1 aliphatic rings. The summed E-state index contributed by atoms with van der Waals surface area (Å²) < 4.78 is 25.4. The van der Waals surface area contributed by atoms with Gasteiger partial charge in [0.15, 0.2) is 0 Å². The zero-order valence-electron chi connectivity index (χ0n) is 11.2. The molecule has 2 amide bonds. The van der Waals surface area contributed by atoms with Crippen LogP contribution in [-0.4, -0.2) is 44.6 Å². The molecule has 1 rings (SSSR count). The van der Waals surface area contributed by atoms with Gasteiger partial charge in [0.05, 0.1) is 11.8 Å². The number of carbonyl (C=O) groups excluding carboxylic acids is 2. The van der Waals surface area contributed by atoms with Gasteiger partial charge in [0.25, 0.3) is 0 Å². The Balaban J connectivity index is 2.42. The fraction of sp³-hybridized carbons (Fsp3) is 0.818. The average Bonchev–Trinajstić information content (AvgIpc) is 2.31. The van der Waals surface area contributed by atoms with Crippen LogP contribution in [0.5, 0.6) is 0 Å². The zero-order valence-corrected chi connectivity index (χ0v) is 12.0. The van der Waals surface area contributed by atoms with Crippen molar-refractivity contribution in [1.29, 1.82) is 0 Å². The van der Waals surface area contributed by atoms with E-state index in [1.54, 1.807) is 6.92 Å². The van der Waals surface area contributed by atoms with Crippen LogP contribution < -0.4 is 15.4 Å². The lowest BCUT2D eigenvalue weighted by atomic mass is 10.1. The fourth-order valence-electron chi connectivity index (χ4n) is 1.83. The minimum atomic E-state index is -3.41. The van der Waals surface area contributed by atoms with Crippen molar-refractivity contribution in [2.45, 2.75) is 45.2 Å². The summed E-state index contributed by atoms with van der Waals surface area (Å²) in [6.45, 7) is 3.65. The molecule has 1 aliphatic heterocycles. The van der Waals surface area contributed by atoms with E-state index in [1.807, 2.05) is 0 Å². The van der Waals surface area contributed by atoms with Gasteiger partial charge in [-0.05, 0) is 19.8 Å². The predicted molar refractivity (Wildman–Crippen MR) is 70.8 cm³/mol. The van der Waals surface area contributed by atoms with Gasteiger partial charge in [0, 0.05) is 19.0 Å². The van der Waals surface area contributed by atoms with Crippen LogP contribution in [0.4, 0.5) is 0 Å². The van der Waals surface area contributed by atoms with Crippen molar-refractivity contribution in [2.75, 3.05) is 12.3 Å². The van der Waals surface area contributed by atoms with Crippen LogP contribution in [0, 0.1) is 0 Å². The van der Waals surface area contributed by atoms with E-state index in [1.165, 1.54) is 6.92 Å². The highest BCUT2D eigenvalue weighted by atomic mass is 32.2. The first-order valence-corrected chi connectivity index (χ1v) is 8.06. The third-order valence-electron chi connectivity index (χ3n) is 2.83. The largest absolute Gasteiger partial charge is 0.354 e. The topological polar surface area (TPSA) is 104 Å². The maximum atomic E-state index is 11.8. The molecule has 2 atom stereocenters. The van der Waals surface area contributed by atoms with Gasteiger partial charge in [-0.25, -0.2) is 13.1 Å². The molecule has 0 saturated carbocycles. The van der Waals surface area contributed by atoms with Crippen LogP contribution in [0.15, 0.2) is 0 Å². The van der Waals surface area contributed by atoms with Crippen molar-refractivity contribution >= 4 is 21.8 Å². The Bertz CT molecular complexity index is 425. The number of hydrogen-bond donors (Lipinski definition) is 3. The van der Waals surface area contributed by atoms with E-state index < -0.39 is 16.1 Å². The second kappa shape index (κ2) is 6.85. The quantitative estimate of drug-likeness (QED) is 0.590. The van der Waals surface area contributed by atoms with Gasteiger partial charge in [-0.1, -0.05) is 6.92 Å². The molecule has 0 aliphatic carbocycles. The number of hydrogen-bond acceptors (Lipinski definition) is 4. The Labute approximate surface area is 113 Å². The molecule has 8 heteroatoms. The molecular formula is C11H21N3O4S. The third-order valence-corrected chi connectivity index (χ3v) is 4.49.